The van der Waals surface area contributed by atoms with E-state index in [4.69, 9.17) is 0 Å². The summed E-state index contributed by atoms with van der Waals surface area (Å²) in [5.41, 5.74) is 1.54. The number of halogens is 1. The van der Waals surface area contributed by atoms with Gasteiger partial charge in [0, 0.05) is 0 Å². The third-order valence-electron chi connectivity index (χ3n) is 3.13. The minimum atomic E-state index is -0.754. The molecule has 0 radical (unpaired) electrons. The van der Waals surface area contributed by atoms with Gasteiger partial charge in [0.1, 0.15) is 0 Å². The van der Waals surface area contributed by atoms with Gasteiger partial charge in [0.05, 0.1) is 23.4 Å². The van der Waals surface area contributed by atoms with Gasteiger partial charge in [-0.2, -0.15) is 0 Å². The minimum absolute atomic E-state index is 0.754. The van der Waals surface area contributed by atoms with Crippen LogP contribution in [0.25, 0.3) is 0 Å². The summed E-state index contributed by atoms with van der Waals surface area (Å²) < 4.78 is 0. The highest BCUT2D eigenvalue weighted by Crippen LogP contribution is 2.70. The van der Waals surface area contributed by atoms with E-state index in [-0.39, 0.29) is 0 Å². The zero-order chi connectivity index (χ0) is 12.6. The Bertz CT molecular complexity index is 289. The van der Waals surface area contributed by atoms with Crippen LogP contribution in [0.3, 0.4) is 0 Å². The highest BCUT2D eigenvalue weighted by molar-refractivity contribution is 14.2. The lowest BCUT2D eigenvalue weighted by Crippen LogP contribution is -2.01. The van der Waals surface area contributed by atoms with Crippen molar-refractivity contribution in [2.45, 2.75) is 45.7 Å². The van der Waals surface area contributed by atoms with Crippen LogP contribution in [0.4, 0.5) is 0 Å². The van der Waals surface area contributed by atoms with Gasteiger partial charge in [-0.1, -0.05) is 57.0 Å². The van der Waals surface area contributed by atoms with Gasteiger partial charge in [0.15, 0.2) is 22.0 Å². The molecule has 0 aliphatic heterocycles. The Labute approximate surface area is 120 Å². The second-order valence-corrected chi connectivity index (χ2v) is 14.2. The van der Waals surface area contributed by atoms with E-state index in [9.17, 15) is 0 Å². The number of hydrogen-bond donors (Lipinski definition) is 0. The molecule has 0 aliphatic rings. The van der Waals surface area contributed by atoms with Crippen LogP contribution in [0, 0.1) is 0 Å². The third-order valence-corrected chi connectivity index (χ3v) is 10.2. The average molecular weight is 363 g/mol. The summed E-state index contributed by atoms with van der Waals surface area (Å²) in [6.45, 7) is 4.62. The van der Waals surface area contributed by atoms with Crippen molar-refractivity contribution in [1.82, 2.24) is 0 Å². The molecule has 0 unspecified atom stereocenters. The SMILES string of the molecule is CCCC[P+](I)(CCCC)Cc1ccccc1. The summed E-state index contributed by atoms with van der Waals surface area (Å²) >= 11 is 2.84. The Morgan fingerprint density at radius 3 is 1.94 bits per heavy atom. The van der Waals surface area contributed by atoms with Crippen molar-refractivity contribution in [2.24, 2.45) is 0 Å². The summed E-state index contributed by atoms with van der Waals surface area (Å²) in [6.07, 6.45) is 9.78. The summed E-state index contributed by atoms with van der Waals surface area (Å²) in [5.74, 6) is 0. The largest absolute Gasteiger partial charge is 0.155 e. The zero-order valence-corrected chi connectivity index (χ0v) is 14.2. The van der Waals surface area contributed by atoms with Gasteiger partial charge < -0.3 is 0 Å². The van der Waals surface area contributed by atoms with E-state index in [2.05, 4.69) is 66.2 Å². The molecule has 2 heteroatoms. The van der Waals surface area contributed by atoms with Crippen molar-refractivity contribution in [2.75, 3.05) is 12.3 Å². The fraction of sp³-hybridized carbons (Fsp3) is 0.600. The normalized spacial score (nSPS) is 11.7. The Kier molecular flexibility index (Phi) is 7.70. The van der Waals surface area contributed by atoms with Crippen molar-refractivity contribution >= 4 is 26.9 Å². The molecule has 0 aliphatic carbocycles. The van der Waals surface area contributed by atoms with Crippen molar-refractivity contribution in [1.29, 1.82) is 0 Å². The zero-order valence-electron chi connectivity index (χ0n) is 11.2. The lowest BCUT2D eigenvalue weighted by atomic mass is 10.2. The van der Waals surface area contributed by atoms with Gasteiger partial charge >= 0.3 is 0 Å². The first-order chi connectivity index (χ1) is 8.20. The van der Waals surface area contributed by atoms with Crippen LogP contribution in [0.15, 0.2) is 30.3 Å². The molecule has 0 saturated heterocycles. The molecule has 0 fully saturated rings. The second-order valence-electron chi connectivity index (χ2n) is 4.83. The van der Waals surface area contributed by atoms with E-state index in [1.165, 1.54) is 44.2 Å². The number of rotatable bonds is 8. The van der Waals surface area contributed by atoms with E-state index < -0.39 is 4.90 Å². The molecule has 0 spiro atoms. The molecule has 0 saturated carbocycles. The standard InChI is InChI=1S/C15H25IP/c1-3-5-12-17(16,13-6-4-2)14-15-10-8-7-9-11-15/h7-11H,3-6,12-14H2,1-2H3/q+1. The Balaban J connectivity index is 2.61. The van der Waals surface area contributed by atoms with Gasteiger partial charge in [-0.05, 0) is 18.4 Å². The van der Waals surface area contributed by atoms with Crippen LogP contribution in [0.2, 0.25) is 0 Å². The highest BCUT2D eigenvalue weighted by atomic mass is 127. The molecule has 0 aromatic heterocycles. The van der Waals surface area contributed by atoms with Crippen molar-refractivity contribution in [3.8, 4) is 0 Å². The fourth-order valence-electron chi connectivity index (χ4n) is 2.06. The van der Waals surface area contributed by atoms with E-state index in [1.807, 2.05) is 0 Å². The third kappa shape index (κ3) is 6.20. The van der Waals surface area contributed by atoms with Crippen molar-refractivity contribution < 1.29 is 0 Å². The maximum absolute atomic E-state index is 2.84. The Morgan fingerprint density at radius 1 is 0.941 bits per heavy atom. The summed E-state index contributed by atoms with van der Waals surface area (Å²) in [6, 6.07) is 11.1. The molecule has 96 valence electrons. The molecule has 0 heterocycles. The molecule has 1 rings (SSSR count). The molecule has 0 N–H and O–H groups in total. The summed E-state index contributed by atoms with van der Waals surface area (Å²) in [7, 11) is 0. The van der Waals surface area contributed by atoms with Crippen LogP contribution in [-0.2, 0) is 6.16 Å². The average Bonchev–Trinajstić information content (AvgIpc) is 2.35. The number of hydrogen-bond acceptors (Lipinski definition) is 0. The van der Waals surface area contributed by atoms with E-state index in [0.717, 1.165) is 0 Å². The maximum Gasteiger partial charge on any atom is 0.155 e. The highest BCUT2D eigenvalue weighted by Gasteiger charge is 2.33. The van der Waals surface area contributed by atoms with Crippen molar-refractivity contribution in [3.63, 3.8) is 0 Å². The molecule has 1 aromatic rings. The molecule has 0 bridgehead atoms. The molecule has 0 nitrogen and oxygen atoms in total. The van der Waals surface area contributed by atoms with Crippen LogP contribution in [0.5, 0.6) is 0 Å². The van der Waals surface area contributed by atoms with E-state index in [1.54, 1.807) is 5.56 Å². The molecule has 0 atom stereocenters. The summed E-state index contributed by atoms with van der Waals surface area (Å²) in [4.78, 5) is -0.754. The van der Waals surface area contributed by atoms with Gasteiger partial charge in [0.25, 0.3) is 0 Å². The first kappa shape index (κ1) is 15.4. The first-order valence-corrected chi connectivity index (χ1v) is 11.9. The maximum atomic E-state index is 2.84. The molecule has 0 amide bonds. The van der Waals surface area contributed by atoms with Crippen LogP contribution >= 0.6 is 26.9 Å². The molecular formula is C15H25IP+. The Hall–Kier alpha value is 0.380. The molecular weight excluding hydrogens is 338 g/mol. The van der Waals surface area contributed by atoms with E-state index >= 15 is 0 Å². The molecule has 17 heavy (non-hydrogen) atoms. The first-order valence-electron chi connectivity index (χ1n) is 6.80. The van der Waals surface area contributed by atoms with Crippen LogP contribution in [-0.4, -0.2) is 12.3 Å². The second kappa shape index (κ2) is 8.48. The smallest absolute Gasteiger partial charge is 0.0652 e. The fourth-order valence-corrected chi connectivity index (χ4v) is 8.46. The quantitative estimate of drug-likeness (QED) is 0.384. The topological polar surface area (TPSA) is 0 Å². The van der Waals surface area contributed by atoms with E-state index in [0.29, 0.717) is 0 Å². The summed E-state index contributed by atoms with van der Waals surface area (Å²) in [5, 5.41) is 0. The predicted molar refractivity (Wildman–Crippen MR) is 90.6 cm³/mol. The monoisotopic (exact) mass is 363 g/mol. The lowest BCUT2D eigenvalue weighted by molar-refractivity contribution is 0.864. The van der Waals surface area contributed by atoms with Gasteiger partial charge in [-0.15, -0.1) is 0 Å². The van der Waals surface area contributed by atoms with Crippen LogP contribution < -0.4 is 0 Å². The van der Waals surface area contributed by atoms with Gasteiger partial charge in [-0.3, -0.25) is 0 Å². The van der Waals surface area contributed by atoms with Gasteiger partial charge in [-0.25, -0.2) is 0 Å². The Morgan fingerprint density at radius 2 is 1.47 bits per heavy atom. The number of unbranched alkanes of at least 4 members (excludes halogenated alkanes) is 2. The van der Waals surface area contributed by atoms with Crippen molar-refractivity contribution in [3.05, 3.63) is 35.9 Å². The van der Waals surface area contributed by atoms with Gasteiger partial charge in [0.2, 0.25) is 0 Å². The predicted octanol–water partition coefficient (Wildman–Crippen LogP) is 6.15. The minimum Gasteiger partial charge on any atom is -0.0652 e. The van der Waals surface area contributed by atoms with Crippen LogP contribution in [0.1, 0.15) is 45.1 Å². The molecule has 1 aromatic carbocycles. The number of benzene rings is 1. The lowest BCUT2D eigenvalue weighted by Gasteiger charge is -2.20.